The van der Waals surface area contributed by atoms with E-state index in [0.29, 0.717) is 12.8 Å². The summed E-state index contributed by atoms with van der Waals surface area (Å²) >= 11 is 0. The molecule has 0 radical (unpaired) electrons. The Morgan fingerprint density at radius 1 is 1.04 bits per heavy atom. The van der Waals surface area contributed by atoms with Crippen molar-refractivity contribution in [2.24, 2.45) is 4.99 Å². The maximum atomic E-state index is 12.2. The third kappa shape index (κ3) is 4.04. The van der Waals surface area contributed by atoms with Gasteiger partial charge in [0.1, 0.15) is 5.78 Å². The highest BCUT2D eigenvalue weighted by atomic mass is 16.1. The van der Waals surface area contributed by atoms with Crippen LogP contribution in [0.4, 0.5) is 0 Å². The van der Waals surface area contributed by atoms with Crippen LogP contribution in [0.5, 0.6) is 0 Å². The highest BCUT2D eigenvalue weighted by molar-refractivity contribution is 5.99. The van der Waals surface area contributed by atoms with E-state index in [1.165, 1.54) is 16.7 Å². The van der Waals surface area contributed by atoms with Crippen molar-refractivity contribution in [1.29, 1.82) is 0 Å². The van der Waals surface area contributed by atoms with E-state index in [9.17, 15) is 4.79 Å². The Bertz CT molecular complexity index is 756. The van der Waals surface area contributed by atoms with Crippen LogP contribution in [0.15, 0.2) is 65.8 Å². The Morgan fingerprint density at radius 2 is 1.78 bits per heavy atom. The van der Waals surface area contributed by atoms with Crippen LogP contribution in [-0.4, -0.2) is 11.5 Å². The Kier molecular flexibility index (Phi) is 4.82. The van der Waals surface area contributed by atoms with E-state index in [2.05, 4.69) is 30.1 Å². The second-order valence-corrected chi connectivity index (χ2v) is 6.03. The van der Waals surface area contributed by atoms with E-state index in [-0.39, 0.29) is 5.78 Å². The summed E-state index contributed by atoms with van der Waals surface area (Å²) in [7, 11) is 0. The van der Waals surface area contributed by atoms with Crippen LogP contribution in [0.2, 0.25) is 0 Å². The first-order valence-corrected chi connectivity index (χ1v) is 8.08. The molecule has 0 unspecified atom stereocenters. The van der Waals surface area contributed by atoms with Crippen LogP contribution < -0.4 is 0 Å². The summed E-state index contributed by atoms with van der Waals surface area (Å²) in [6.45, 7) is 2.06. The lowest BCUT2D eigenvalue weighted by atomic mass is 9.98. The zero-order valence-electron chi connectivity index (χ0n) is 13.5. The van der Waals surface area contributed by atoms with Gasteiger partial charge in [-0.2, -0.15) is 0 Å². The summed E-state index contributed by atoms with van der Waals surface area (Å²) in [4.78, 5) is 16.7. The van der Waals surface area contributed by atoms with Crippen molar-refractivity contribution < 1.29 is 4.79 Å². The smallest absolute Gasteiger partial charge is 0.137 e. The van der Waals surface area contributed by atoms with Gasteiger partial charge < -0.3 is 0 Å². The fourth-order valence-electron chi connectivity index (χ4n) is 2.86. The van der Waals surface area contributed by atoms with Gasteiger partial charge in [-0.15, -0.1) is 0 Å². The number of Topliss-reactive ketones (excluding diaryl/α,β-unsaturated/α-hetero) is 1. The molecule has 0 amide bonds. The van der Waals surface area contributed by atoms with Gasteiger partial charge in [0, 0.05) is 31.2 Å². The van der Waals surface area contributed by atoms with Gasteiger partial charge in [-0.25, -0.2) is 0 Å². The summed E-state index contributed by atoms with van der Waals surface area (Å²) in [6, 6.07) is 18.4. The number of benzene rings is 2. The first kappa shape index (κ1) is 15.4. The van der Waals surface area contributed by atoms with E-state index < -0.39 is 0 Å². The molecule has 2 aromatic rings. The molecule has 0 spiro atoms. The zero-order valence-corrected chi connectivity index (χ0v) is 13.5. The number of carbonyl (C=O) groups excluding carboxylic acids is 1. The number of rotatable bonds is 6. The first-order chi connectivity index (χ1) is 11.2. The topological polar surface area (TPSA) is 29.4 Å². The molecule has 0 atom stereocenters. The molecule has 0 aromatic heterocycles. The van der Waals surface area contributed by atoms with Crippen LogP contribution >= 0.6 is 0 Å². The highest BCUT2D eigenvalue weighted by Gasteiger charge is 2.14. The summed E-state index contributed by atoms with van der Waals surface area (Å²) in [5.41, 5.74) is 5.90. The molecule has 116 valence electrons. The second-order valence-electron chi connectivity index (χ2n) is 6.03. The summed E-state index contributed by atoms with van der Waals surface area (Å²) < 4.78 is 0. The third-order valence-electron chi connectivity index (χ3n) is 4.28. The van der Waals surface area contributed by atoms with Crippen LogP contribution in [-0.2, 0) is 11.2 Å². The third-order valence-corrected chi connectivity index (χ3v) is 4.28. The molecule has 0 saturated heterocycles. The molecule has 0 fully saturated rings. The monoisotopic (exact) mass is 303 g/mol. The molecule has 2 aromatic carbocycles. The number of allylic oxidation sites excluding steroid dienone is 1. The Morgan fingerprint density at radius 3 is 2.57 bits per heavy atom. The Labute approximate surface area is 137 Å². The van der Waals surface area contributed by atoms with Crippen molar-refractivity contribution in [2.75, 3.05) is 0 Å². The number of hydrogen-bond acceptors (Lipinski definition) is 2. The standard InChI is InChI=1S/C21H21NO/c1-16-7-5-6-10-18(16)14-21(23)12-11-20-13-19(15-22-20)17-8-3-2-4-9-17/h2-10,15H,11-14H2,1H3. The molecule has 1 aliphatic heterocycles. The first-order valence-electron chi connectivity index (χ1n) is 8.08. The number of aryl methyl sites for hydroxylation is 1. The maximum Gasteiger partial charge on any atom is 0.137 e. The van der Waals surface area contributed by atoms with Gasteiger partial charge in [0.15, 0.2) is 0 Å². The minimum atomic E-state index is 0.287. The number of ketones is 1. The van der Waals surface area contributed by atoms with Gasteiger partial charge in [-0.3, -0.25) is 9.79 Å². The Hall–Kier alpha value is -2.48. The van der Waals surface area contributed by atoms with Crippen LogP contribution in [0.3, 0.4) is 0 Å². The minimum Gasteiger partial charge on any atom is -0.299 e. The van der Waals surface area contributed by atoms with Crippen molar-refractivity contribution in [3.8, 4) is 0 Å². The minimum absolute atomic E-state index is 0.287. The van der Waals surface area contributed by atoms with Gasteiger partial charge in [0.25, 0.3) is 0 Å². The van der Waals surface area contributed by atoms with E-state index in [0.717, 1.165) is 24.1 Å². The summed E-state index contributed by atoms with van der Waals surface area (Å²) in [5, 5.41) is 0. The molecule has 23 heavy (non-hydrogen) atoms. The van der Waals surface area contributed by atoms with Crippen LogP contribution in [0.1, 0.15) is 36.0 Å². The molecule has 0 aliphatic carbocycles. The van der Waals surface area contributed by atoms with Gasteiger partial charge in [0.2, 0.25) is 0 Å². The summed E-state index contributed by atoms with van der Waals surface area (Å²) in [6.07, 6.45) is 4.66. The molecule has 0 bridgehead atoms. The predicted molar refractivity (Wildman–Crippen MR) is 95.6 cm³/mol. The number of hydrogen-bond donors (Lipinski definition) is 0. The SMILES string of the molecule is Cc1ccccc1CC(=O)CCC1=NC=C(c2ccccc2)C1. The molecule has 0 N–H and O–H groups in total. The lowest BCUT2D eigenvalue weighted by Gasteiger charge is -2.06. The Balaban J connectivity index is 1.49. The van der Waals surface area contributed by atoms with Crippen molar-refractivity contribution in [1.82, 2.24) is 0 Å². The average molecular weight is 303 g/mol. The van der Waals surface area contributed by atoms with E-state index >= 15 is 0 Å². The van der Waals surface area contributed by atoms with Gasteiger partial charge in [-0.1, -0.05) is 54.6 Å². The fourth-order valence-corrected chi connectivity index (χ4v) is 2.86. The average Bonchev–Trinajstić information content (AvgIpc) is 3.05. The van der Waals surface area contributed by atoms with E-state index in [1.54, 1.807) is 0 Å². The summed E-state index contributed by atoms with van der Waals surface area (Å²) in [5.74, 6) is 0.287. The normalized spacial score (nSPS) is 13.6. The predicted octanol–water partition coefficient (Wildman–Crippen LogP) is 4.77. The maximum absolute atomic E-state index is 12.2. The quantitative estimate of drug-likeness (QED) is 0.755. The highest BCUT2D eigenvalue weighted by Crippen LogP contribution is 2.25. The van der Waals surface area contributed by atoms with Crippen LogP contribution in [0.25, 0.3) is 5.57 Å². The molecule has 3 rings (SSSR count). The van der Waals surface area contributed by atoms with Crippen molar-refractivity contribution in [3.05, 3.63) is 77.5 Å². The molecule has 2 heteroatoms. The molecular weight excluding hydrogens is 282 g/mol. The molecule has 1 aliphatic rings. The molecular formula is C21H21NO. The second kappa shape index (κ2) is 7.19. The van der Waals surface area contributed by atoms with Crippen molar-refractivity contribution in [3.63, 3.8) is 0 Å². The number of aliphatic imine (C=N–C) groups is 1. The van der Waals surface area contributed by atoms with Gasteiger partial charge in [0.05, 0.1) is 0 Å². The van der Waals surface area contributed by atoms with Crippen LogP contribution in [0, 0.1) is 6.92 Å². The van der Waals surface area contributed by atoms with Gasteiger partial charge >= 0.3 is 0 Å². The lowest BCUT2D eigenvalue weighted by Crippen LogP contribution is -2.07. The van der Waals surface area contributed by atoms with E-state index in [4.69, 9.17) is 0 Å². The zero-order chi connectivity index (χ0) is 16.1. The fraction of sp³-hybridized carbons (Fsp3) is 0.238. The lowest BCUT2D eigenvalue weighted by molar-refractivity contribution is -0.118. The number of nitrogens with zero attached hydrogens (tertiary/aromatic N) is 1. The largest absolute Gasteiger partial charge is 0.299 e. The molecule has 0 saturated carbocycles. The van der Waals surface area contributed by atoms with Crippen molar-refractivity contribution in [2.45, 2.75) is 32.6 Å². The van der Waals surface area contributed by atoms with Gasteiger partial charge in [-0.05, 0) is 35.6 Å². The van der Waals surface area contributed by atoms with Crippen molar-refractivity contribution >= 4 is 17.1 Å². The number of carbonyl (C=O) groups is 1. The van der Waals surface area contributed by atoms with E-state index in [1.807, 2.05) is 42.6 Å². The molecule has 1 heterocycles. The molecule has 2 nitrogen and oxygen atoms in total.